The third-order valence-corrected chi connectivity index (χ3v) is 1.84. The highest BCUT2D eigenvalue weighted by Crippen LogP contribution is 2.00. The van der Waals surface area contributed by atoms with Crippen molar-refractivity contribution in [2.24, 2.45) is 11.5 Å². The van der Waals surface area contributed by atoms with Gasteiger partial charge < -0.3 is 26.4 Å². The molecule has 0 spiro atoms. The molecule has 0 amide bonds. The number of rotatable bonds is 6. The number of hydrogen-bond acceptors (Lipinski definition) is 6. The maximum absolute atomic E-state index is 11.2. The standard InChI is InChI=1S/C8H16N2O5/c1-4(6(10)7(12)13)15-8(14)5(9)2-3-11/h4-6,11H,2-3,9-10H2,1H3,(H,12,13)/t4-,5-,6-/m0/s1. The van der Waals surface area contributed by atoms with Crippen LogP contribution in [0.2, 0.25) is 0 Å². The van der Waals surface area contributed by atoms with Crippen molar-refractivity contribution in [3.05, 3.63) is 0 Å². The van der Waals surface area contributed by atoms with E-state index >= 15 is 0 Å². The first-order valence-corrected chi connectivity index (χ1v) is 4.45. The lowest BCUT2D eigenvalue weighted by Gasteiger charge is -2.18. The first-order chi connectivity index (χ1) is 6.90. The van der Waals surface area contributed by atoms with Gasteiger partial charge in [0.2, 0.25) is 0 Å². The number of esters is 1. The van der Waals surface area contributed by atoms with Crippen LogP contribution in [0.3, 0.4) is 0 Å². The minimum atomic E-state index is -1.28. The smallest absolute Gasteiger partial charge is 0.324 e. The summed E-state index contributed by atoms with van der Waals surface area (Å²) in [5.74, 6) is -2.03. The Bertz CT molecular complexity index is 233. The van der Waals surface area contributed by atoms with Crippen molar-refractivity contribution in [2.45, 2.75) is 31.5 Å². The average Bonchev–Trinajstić information content (AvgIpc) is 2.16. The largest absolute Gasteiger partial charge is 0.480 e. The van der Waals surface area contributed by atoms with Crippen LogP contribution in [-0.4, -0.2) is 46.9 Å². The second kappa shape index (κ2) is 6.33. The quantitative estimate of drug-likeness (QED) is 0.381. The molecule has 0 aliphatic carbocycles. The second-order valence-corrected chi connectivity index (χ2v) is 3.12. The molecule has 3 atom stereocenters. The molecule has 0 saturated carbocycles. The van der Waals surface area contributed by atoms with E-state index in [1.807, 2.05) is 0 Å². The maximum Gasteiger partial charge on any atom is 0.324 e. The molecule has 0 unspecified atom stereocenters. The molecule has 15 heavy (non-hydrogen) atoms. The number of carbonyl (C=O) groups excluding carboxylic acids is 1. The molecular formula is C8H16N2O5. The van der Waals surface area contributed by atoms with E-state index in [2.05, 4.69) is 0 Å². The Morgan fingerprint density at radius 2 is 1.93 bits per heavy atom. The minimum Gasteiger partial charge on any atom is -0.480 e. The fraction of sp³-hybridized carbons (Fsp3) is 0.750. The fourth-order valence-corrected chi connectivity index (χ4v) is 0.802. The van der Waals surface area contributed by atoms with Crippen molar-refractivity contribution in [1.82, 2.24) is 0 Å². The van der Waals surface area contributed by atoms with Crippen LogP contribution >= 0.6 is 0 Å². The predicted molar refractivity (Wildman–Crippen MR) is 50.8 cm³/mol. The van der Waals surface area contributed by atoms with Gasteiger partial charge in [-0.05, 0) is 13.3 Å². The van der Waals surface area contributed by atoms with E-state index in [4.69, 9.17) is 26.4 Å². The van der Waals surface area contributed by atoms with E-state index in [1.54, 1.807) is 0 Å². The van der Waals surface area contributed by atoms with Crippen molar-refractivity contribution in [1.29, 1.82) is 0 Å². The minimum absolute atomic E-state index is 0.0634. The number of carboxylic acid groups (broad SMARTS) is 1. The third-order valence-electron chi connectivity index (χ3n) is 1.84. The molecule has 7 heteroatoms. The highest BCUT2D eigenvalue weighted by molar-refractivity contribution is 5.77. The summed E-state index contributed by atoms with van der Waals surface area (Å²) in [6.45, 7) is 1.12. The van der Waals surface area contributed by atoms with Crippen molar-refractivity contribution in [2.75, 3.05) is 6.61 Å². The monoisotopic (exact) mass is 220 g/mol. The Morgan fingerprint density at radius 1 is 1.40 bits per heavy atom. The van der Waals surface area contributed by atoms with Gasteiger partial charge >= 0.3 is 11.9 Å². The Labute approximate surface area is 87.0 Å². The lowest BCUT2D eigenvalue weighted by molar-refractivity contribution is -0.155. The molecule has 0 fully saturated rings. The summed E-state index contributed by atoms with van der Waals surface area (Å²) < 4.78 is 4.71. The van der Waals surface area contributed by atoms with E-state index < -0.39 is 30.1 Å². The van der Waals surface area contributed by atoms with Gasteiger partial charge in [-0.1, -0.05) is 0 Å². The van der Waals surface area contributed by atoms with Crippen LogP contribution in [0.15, 0.2) is 0 Å². The SMILES string of the molecule is C[C@H](OC(=O)[C@@H](N)CCO)[C@H](N)C(=O)O. The number of aliphatic hydroxyl groups excluding tert-OH is 1. The molecule has 0 aromatic carbocycles. The number of nitrogens with two attached hydrogens (primary N) is 2. The van der Waals surface area contributed by atoms with Gasteiger partial charge in [0.25, 0.3) is 0 Å². The number of carbonyl (C=O) groups is 2. The van der Waals surface area contributed by atoms with Gasteiger partial charge in [-0.15, -0.1) is 0 Å². The molecule has 0 rings (SSSR count). The maximum atomic E-state index is 11.2. The molecule has 0 aliphatic rings. The summed E-state index contributed by atoms with van der Waals surface area (Å²) in [5, 5.41) is 17.0. The highest BCUT2D eigenvalue weighted by Gasteiger charge is 2.25. The van der Waals surface area contributed by atoms with Crippen LogP contribution in [0.25, 0.3) is 0 Å². The van der Waals surface area contributed by atoms with Gasteiger partial charge in [-0.3, -0.25) is 9.59 Å². The van der Waals surface area contributed by atoms with E-state index in [0.717, 1.165) is 0 Å². The van der Waals surface area contributed by atoms with Crippen molar-refractivity contribution in [3.8, 4) is 0 Å². The van der Waals surface area contributed by atoms with Crippen LogP contribution < -0.4 is 11.5 Å². The molecule has 0 saturated heterocycles. The number of carboxylic acids is 1. The van der Waals surface area contributed by atoms with Crippen LogP contribution in [-0.2, 0) is 14.3 Å². The number of aliphatic hydroxyl groups is 1. The van der Waals surface area contributed by atoms with Crippen LogP contribution in [0.5, 0.6) is 0 Å². The highest BCUT2D eigenvalue weighted by atomic mass is 16.5. The van der Waals surface area contributed by atoms with Gasteiger partial charge in [0.15, 0.2) is 0 Å². The number of aliphatic carboxylic acids is 1. The topological polar surface area (TPSA) is 136 Å². The number of ether oxygens (including phenoxy) is 1. The Hall–Kier alpha value is -1.18. The summed E-state index contributed by atoms with van der Waals surface area (Å²) in [6, 6.07) is -2.24. The second-order valence-electron chi connectivity index (χ2n) is 3.12. The summed E-state index contributed by atoms with van der Waals surface area (Å²) in [6.07, 6.45) is -0.895. The summed E-state index contributed by atoms with van der Waals surface area (Å²) in [7, 11) is 0. The first kappa shape index (κ1) is 13.8. The van der Waals surface area contributed by atoms with Crippen molar-refractivity contribution >= 4 is 11.9 Å². The fourth-order valence-electron chi connectivity index (χ4n) is 0.802. The van der Waals surface area contributed by atoms with Gasteiger partial charge in [0.1, 0.15) is 18.2 Å². The van der Waals surface area contributed by atoms with Crippen molar-refractivity contribution in [3.63, 3.8) is 0 Å². The lowest BCUT2D eigenvalue weighted by Crippen LogP contribution is -2.45. The Kier molecular flexibility index (Phi) is 5.83. The molecule has 0 aromatic heterocycles. The molecule has 0 aliphatic heterocycles. The third kappa shape index (κ3) is 4.73. The van der Waals surface area contributed by atoms with Gasteiger partial charge in [0.05, 0.1) is 0 Å². The van der Waals surface area contributed by atoms with Crippen LogP contribution in [0.4, 0.5) is 0 Å². The Balaban J connectivity index is 4.11. The zero-order chi connectivity index (χ0) is 12.0. The lowest BCUT2D eigenvalue weighted by atomic mass is 10.2. The molecule has 6 N–H and O–H groups in total. The molecular weight excluding hydrogens is 204 g/mol. The molecule has 88 valence electrons. The van der Waals surface area contributed by atoms with E-state index in [-0.39, 0.29) is 13.0 Å². The summed E-state index contributed by atoms with van der Waals surface area (Å²) in [5.41, 5.74) is 10.5. The molecule has 0 aromatic rings. The van der Waals surface area contributed by atoms with E-state index in [9.17, 15) is 9.59 Å². The molecule has 0 heterocycles. The molecule has 7 nitrogen and oxygen atoms in total. The van der Waals surface area contributed by atoms with Gasteiger partial charge in [0, 0.05) is 6.61 Å². The van der Waals surface area contributed by atoms with Crippen molar-refractivity contribution < 1.29 is 24.5 Å². The zero-order valence-electron chi connectivity index (χ0n) is 8.42. The van der Waals surface area contributed by atoms with Crippen LogP contribution in [0.1, 0.15) is 13.3 Å². The van der Waals surface area contributed by atoms with E-state index in [1.165, 1.54) is 6.92 Å². The Morgan fingerprint density at radius 3 is 2.33 bits per heavy atom. The number of hydrogen-bond donors (Lipinski definition) is 4. The average molecular weight is 220 g/mol. The molecule has 0 bridgehead atoms. The zero-order valence-corrected chi connectivity index (χ0v) is 8.42. The summed E-state index contributed by atoms with van der Waals surface area (Å²) in [4.78, 5) is 21.6. The normalized spacial score (nSPS) is 16.5. The van der Waals surface area contributed by atoms with Crippen LogP contribution in [0, 0.1) is 0 Å². The van der Waals surface area contributed by atoms with E-state index in [0.29, 0.717) is 0 Å². The van der Waals surface area contributed by atoms with Gasteiger partial charge in [-0.2, -0.15) is 0 Å². The first-order valence-electron chi connectivity index (χ1n) is 4.45. The molecule has 0 radical (unpaired) electrons. The van der Waals surface area contributed by atoms with Gasteiger partial charge in [-0.25, -0.2) is 0 Å². The predicted octanol–water partition coefficient (Wildman–Crippen LogP) is -1.96. The summed E-state index contributed by atoms with van der Waals surface area (Å²) >= 11 is 0.